The number of carbonyl (C=O) groups is 5. The zero-order valence-electron chi connectivity index (χ0n) is 31.4. The van der Waals surface area contributed by atoms with E-state index in [4.69, 9.17) is 0 Å². The number of Topliss-reactive ketones (excluding diaryl/α,β-unsaturated/α-hetero) is 1. The summed E-state index contributed by atoms with van der Waals surface area (Å²) in [6.45, 7) is 18.8. The summed E-state index contributed by atoms with van der Waals surface area (Å²) in [4.78, 5) is 69.9. The summed E-state index contributed by atoms with van der Waals surface area (Å²) >= 11 is 0. The maximum absolute atomic E-state index is 14.5. The molecule has 50 heavy (non-hydrogen) atoms. The summed E-state index contributed by atoms with van der Waals surface area (Å²) in [5.74, 6) is -2.37. The molecule has 5 atom stereocenters. The van der Waals surface area contributed by atoms with Gasteiger partial charge in [-0.1, -0.05) is 72.8 Å². The van der Waals surface area contributed by atoms with Gasteiger partial charge in [0.1, 0.15) is 12.1 Å². The third kappa shape index (κ3) is 8.91. The van der Waals surface area contributed by atoms with Gasteiger partial charge in [0, 0.05) is 13.1 Å². The quantitative estimate of drug-likeness (QED) is 0.121. The predicted molar refractivity (Wildman–Crippen MR) is 193 cm³/mol. The van der Waals surface area contributed by atoms with E-state index in [1.165, 1.54) is 4.90 Å². The Labute approximate surface area is 299 Å². The van der Waals surface area contributed by atoms with Crippen molar-refractivity contribution in [2.24, 2.45) is 28.6 Å². The van der Waals surface area contributed by atoms with E-state index in [0.717, 1.165) is 32.1 Å². The number of fused-ring (bicyclic) bond motifs is 1. The predicted octanol–water partition coefficient (Wildman–Crippen LogP) is 3.65. The lowest BCUT2D eigenvalue weighted by Crippen LogP contribution is -2.64. The van der Waals surface area contributed by atoms with Crippen molar-refractivity contribution in [3.63, 3.8) is 0 Å². The SMILES string of the molecule is C=CCCNC(=O)C(=O)C(CC1CC1)NC(=O)C1C2C(CN1C(=O)[C@@H](NC(=O)NC1(CS(=O)(=O)C(C)(C)C)CCCCC1)C(C)(C)C)C2(C)C. The standard InChI is InChI=1S/C37H61N5O7S/c1-10-11-19-38-31(45)28(43)25(20-23-15-16-23)39-30(44)27-26-24(36(26,8)9)21-42(27)32(46)29(34(2,3)4)40-33(47)41-37(17-13-12-14-18-37)22-50(48,49)35(5,6)7/h10,23-27,29H,1,11-22H2,2-9H3,(H,38,45)(H,39,44)(H2,40,41,47)/t24?,25?,26?,27?,29-/m1/s1. The zero-order valence-corrected chi connectivity index (χ0v) is 32.3. The van der Waals surface area contributed by atoms with Crippen LogP contribution in [0.4, 0.5) is 4.79 Å². The van der Waals surface area contributed by atoms with Gasteiger partial charge in [-0.25, -0.2) is 13.2 Å². The van der Waals surface area contributed by atoms with Crippen LogP contribution in [-0.4, -0.2) is 90.1 Å². The molecule has 4 aliphatic rings. The third-order valence-electron chi connectivity index (χ3n) is 11.5. The summed E-state index contributed by atoms with van der Waals surface area (Å²) in [7, 11) is -3.56. The maximum atomic E-state index is 14.5. The van der Waals surface area contributed by atoms with Crippen LogP contribution in [0.2, 0.25) is 0 Å². The van der Waals surface area contributed by atoms with Crippen molar-refractivity contribution in [3.05, 3.63) is 12.7 Å². The Balaban J connectivity index is 1.54. The Morgan fingerprint density at radius 1 is 0.960 bits per heavy atom. The molecular weight excluding hydrogens is 659 g/mol. The number of nitrogens with zero attached hydrogens (tertiary/aromatic N) is 1. The number of hydrogen-bond donors (Lipinski definition) is 4. The highest BCUT2D eigenvalue weighted by molar-refractivity contribution is 7.92. The highest BCUT2D eigenvalue weighted by atomic mass is 32.2. The minimum atomic E-state index is -3.56. The van der Waals surface area contributed by atoms with Crippen molar-refractivity contribution in [2.75, 3.05) is 18.8 Å². The van der Waals surface area contributed by atoms with Gasteiger partial charge in [-0.3, -0.25) is 19.2 Å². The van der Waals surface area contributed by atoms with E-state index in [1.807, 2.05) is 20.8 Å². The van der Waals surface area contributed by atoms with Crippen molar-refractivity contribution in [2.45, 2.75) is 142 Å². The fraction of sp³-hybridized carbons (Fsp3) is 0.811. The smallest absolute Gasteiger partial charge is 0.315 e. The first-order chi connectivity index (χ1) is 23.0. The zero-order chi connectivity index (χ0) is 37.4. The first-order valence-electron chi connectivity index (χ1n) is 18.4. The molecule has 0 aromatic rings. The molecule has 0 bridgehead atoms. The first kappa shape index (κ1) is 39.8. The minimum absolute atomic E-state index is 0.0598. The Morgan fingerprint density at radius 3 is 2.12 bits per heavy atom. The van der Waals surface area contributed by atoms with Crippen molar-refractivity contribution in [3.8, 4) is 0 Å². The number of piperidine rings is 1. The van der Waals surface area contributed by atoms with Crippen LogP contribution in [0.5, 0.6) is 0 Å². The molecule has 4 N–H and O–H groups in total. The van der Waals surface area contributed by atoms with E-state index in [9.17, 15) is 32.4 Å². The highest BCUT2D eigenvalue weighted by Crippen LogP contribution is 2.65. The normalized spacial score (nSPS) is 25.4. The molecule has 4 rings (SSSR count). The van der Waals surface area contributed by atoms with Crippen molar-refractivity contribution in [1.29, 1.82) is 0 Å². The summed E-state index contributed by atoms with van der Waals surface area (Å²) in [5, 5.41) is 11.4. The number of sulfone groups is 1. The Kier molecular flexibility index (Phi) is 11.6. The van der Waals surface area contributed by atoms with Gasteiger partial charge in [0.05, 0.1) is 22.1 Å². The van der Waals surface area contributed by atoms with Crippen LogP contribution in [0.3, 0.4) is 0 Å². The highest BCUT2D eigenvalue weighted by Gasteiger charge is 2.70. The van der Waals surface area contributed by atoms with Gasteiger partial charge in [0.25, 0.3) is 5.91 Å². The molecule has 5 amide bonds. The van der Waals surface area contributed by atoms with Crippen LogP contribution in [0.1, 0.15) is 113 Å². The molecule has 0 aromatic carbocycles. The van der Waals surface area contributed by atoms with Crippen LogP contribution in [0.15, 0.2) is 12.7 Å². The molecular formula is C37H61N5O7S. The average Bonchev–Trinajstić information content (AvgIpc) is 3.85. The molecule has 4 unspecified atom stereocenters. The Hall–Kier alpha value is -2.96. The van der Waals surface area contributed by atoms with Crippen molar-refractivity contribution < 1.29 is 32.4 Å². The second-order valence-corrected chi connectivity index (χ2v) is 20.7. The second-order valence-electron chi connectivity index (χ2n) is 17.9. The molecule has 13 heteroatoms. The van der Waals surface area contributed by atoms with E-state index in [-0.39, 0.29) is 35.5 Å². The van der Waals surface area contributed by atoms with E-state index < -0.39 is 73.2 Å². The Bertz CT molecular complexity index is 1450. The molecule has 1 aliphatic heterocycles. The number of nitrogens with one attached hydrogen (secondary N) is 4. The number of carbonyl (C=O) groups excluding carboxylic acids is 5. The third-order valence-corrected chi connectivity index (χ3v) is 14.3. The van der Waals surface area contributed by atoms with Crippen LogP contribution in [0.25, 0.3) is 0 Å². The summed E-state index contributed by atoms with van der Waals surface area (Å²) in [6.07, 6.45) is 7.91. The van der Waals surface area contributed by atoms with Gasteiger partial charge in [-0.2, -0.15) is 0 Å². The lowest BCUT2D eigenvalue weighted by Gasteiger charge is -2.41. The van der Waals surface area contributed by atoms with Gasteiger partial charge in [-0.05, 0) is 75.0 Å². The molecule has 1 heterocycles. The number of urea groups is 1. The molecule has 0 spiro atoms. The summed E-state index contributed by atoms with van der Waals surface area (Å²) in [6, 6.07) is -3.53. The van der Waals surface area contributed by atoms with Crippen LogP contribution >= 0.6 is 0 Å². The van der Waals surface area contributed by atoms with Gasteiger partial charge in [-0.15, -0.1) is 6.58 Å². The fourth-order valence-corrected chi connectivity index (χ4v) is 9.38. The second kappa shape index (κ2) is 14.6. The molecule has 4 fully saturated rings. The van der Waals surface area contributed by atoms with Crippen LogP contribution in [-0.2, 0) is 29.0 Å². The minimum Gasteiger partial charge on any atom is -0.349 e. The molecule has 1 saturated heterocycles. The fourth-order valence-electron chi connectivity index (χ4n) is 7.86. The van der Waals surface area contributed by atoms with Crippen molar-refractivity contribution >= 4 is 39.4 Å². The molecule has 0 aromatic heterocycles. The average molecular weight is 720 g/mol. The number of ketones is 1. The van der Waals surface area contributed by atoms with E-state index in [1.54, 1.807) is 26.8 Å². The summed E-state index contributed by atoms with van der Waals surface area (Å²) in [5.41, 5.74) is -1.92. The van der Waals surface area contributed by atoms with Gasteiger partial charge < -0.3 is 26.2 Å². The van der Waals surface area contributed by atoms with Gasteiger partial charge in [0.2, 0.25) is 17.6 Å². The van der Waals surface area contributed by atoms with Gasteiger partial charge in [0.15, 0.2) is 9.84 Å². The molecule has 12 nitrogen and oxygen atoms in total. The van der Waals surface area contributed by atoms with E-state index in [2.05, 4.69) is 41.7 Å². The lowest BCUT2D eigenvalue weighted by molar-refractivity contribution is -0.145. The number of rotatable bonds is 14. The van der Waals surface area contributed by atoms with Crippen LogP contribution in [0, 0.1) is 28.6 Å². The topological polar surface area (TPSA) is 171 Å². The maximum Gasteiger partial charge on any atom is 0.315 e. The number of hydrogen-bond acceptors (Lipinski definition) is 7. The number of amides is 5. The Morgan fingerprint density at radius 2 is 1.58 bits per heavy atom. The van der Waals surface area contributed by atoms with E-state index >= 15 is 0 Å². The van der Waals surface area contributed by atoms with Crippen molar-refractivity contribution in [1.82, 2.24) is 26.2 Å². The van der Waals surface area contributed by atoms with E-state index in [0.29, 0.717) is 32.2 Å². The van der Waals surface area contributed by atoms with Crippen LogP contribution < -0.4 is 21.3 Å². The first-order valence-corrected chi connectivity index (χ1v) is 20.0. The molecule has 3 saturated carbocycles. The molecule has 3 aliphatic carbocycles. The lowest BCUT2D eigenvalue weighted by atomic mass is 9.83. The summed E-state index contributed by atoms with van der Waals surface area (Å²) < 4.78 is 25.6. The van der Waals surface area contributed by atoms with Gasteiger partial charge >= 0.3 is 6.03 Å². The largest absolute Gasteiger partial charge is 0.349 e. The monoisotopic (exact) mass is 719 g/mol. The molecule has 0 radical (unpaired) electrons. The number of likely N-dealkylation sites (tertiary alicyclic amines) is 1. The molecule has 282 valence electrons.